The number of carboxylic acids is 1. The molecule has 0 fully saturated rings. The zero-order valence-corrected chi connectivity index (χ0v) is 6.81. The summed E-state index contributed by atoms with van der Waals surface area (Å²) < 4.78 is 12.8. The molecule has 0 aliphatic rings. The molecule has 0 radical (unpaired) electrons. The van der Waals surface area contributed by atoms with E-state index in [-0.39, 0.29) is 11.4 Å². The summed E-state index contributed by atoms with van der Waals surface area (Å²) in [6, 6.07) is 3.81. The molecule has 0 amide bonds. The van der Waals surface area contributed by atoms with Gasteiger partial charge in [0.05, 0.1) is 5.56 Å². The lowest BCUT2D eigenvalue weighted by Gasteiger charge is -1.98. The Kier molecular flexibility index (Phi) is 2.65. The van der Waals surface area contributed by atoms with E-state index in [4.69, 9.17) is 16.7 Å². The highest BCUT2D eigenvalue weighted by Gasteiger charge is 2.09. The van der Waals surface area contributed by atoms with Crippen molar-refractivity contribution < 1.29 is 14.3 Å². The van der Waals surface area contributed by atoms with E-state index < -0.39 is 11.8 Å². The van der Waals surface area contributed by atoms with Gasteiger partial charge in [-0.05, 0) is 17.7 Å². The fourth-order valence-corrected chi connectivity index (χ4v) is 0.981. The van der Waals surface area contributed by atoms with Gasteiger partial charge >= 0.3 is 5.97 Å². The van der Waals surface area contributed by atoms with Gasteiger partial charge in [0.15, 0.2) is 0 Å². The number of halogens is 2. The van der Waals surface area contributed by atoms with Crippen LogP contribution < -0.4 is 0 Å². The number of alkyl halides is 1. The molecule has 1 aromatic carbocycles. The minimum Gasteiger partial charge on any atom is -0.478 e. The summed E-state index contributed by atoms with van der Waals surface area (Å²) in [5.74, 6) is -1.84. The molecule has 0 aliphatic carbocycles. The van der Waals surface area contributed by atoms with Crippen molar-refractivity contribution in [2.75, 3.05) is 0 Å². The molecule has 0 heterocycles. The van der Waals surface area contributed by atoms with Gasteiger partial charge in [-0.1, -0.05) is 6.07 Å². The van der Waals surface area contributed by atoms with Crippen LogP contribution in [0.3, 0.4) is 0 Å². The summed E-state index contributed by atoms with van der Waals surface area (Å²) in [6.45, 7) is 0. The van der Waals surface area contributed by atoms with E-state index in [9.17, 15) is 9.18 Å². The SMILES string of the molecule is O=C(O)c1ccc(CCl)cc1F. The summed E-state index contributed by atoms with van der Waals surface area (Å²) in [5.41, 5.74) is 0.239. The lowest BCUT2D eigenvalue weighted by Crippen LogP contribution is -2.00. The van der Waals surface area contributed by atoms with Crippen molar-refractivity contribution in [2.45, 2.75) is 5.88 Å². The third-order valence-corrected chi connectivity index (χ3v) is 1.73. The molecule has 0 aromatic heterocycles. The fourth-order valence-electron chi connectivity index (χ4n) is 0.815. The first-order valence-corrected chi connectivity index (χ1v) is 3.76. The molecule has 0 bridgehead atoms. The second-order valence-corrected chi connectivity index (χ2v) is 2.52. The summed E-state index contributed by atoms with van der Waals surface area (Å²) in [7, 11) is 0. The average molecular weight is 189 g/mol. The van der Waals surface area contributed by atoms with Crippen LogP contribution in [0, 0.1) is 5.82 Å². The van der Waals surface area contributed by atoms with Crippen molar-refractivity contribution in [2.24, 2.45) is 0 Å². The Balaban J connectivity index is 3.12. The zero-order valence-electron chi connectivity index (χ0n) is 6.05. The molecule has 0 saturated carbocycles. The van der Waals surface area contributed by atoms with Gasteiger partial charge in [-0.15, -0.1) is 11.6 Å². The second-order valence-electron chi connectivity index (χ2n) is 2.25. The number of carboxylic acid groups (broad SMARTS) is 1. The van der Waals surface area contributed by atoms with Gasteiger partial charge < -0.3 is 5.11 Å². The Labute approximate surface area is 73.6 Å². The second kappa shape index (κ2) is 3.54. The van der Waals surface area contributed by atoms with Crippen LogP contribution in [0.2, 0.25) is 0 Å². The number of hydrogen-bond acceptors (Lipinski definition) is 1. The lowest BCUT2D eigenvalue weighted by atomic mass is 10.1. The predicted molar refractivity (Wildman–Crippen MR) is 42.9 cm³/mol. The summed E-state index contributed by atoms with van der Waals surface area (Å²) >= 11 is 5.42. The van der Waals surface area contributed by atoms with Crippen molar-refractivity contribution in [3.8, 4) is 0 Å². The van der Waals surface area contributed by atoms with Crippen LogP contribution in [0.1, 0.15) is 15.9 Å². The van der Waals surface area contributed by atoms with Crippen LogP contribution in [0.15, 0.2) is 18.2 Å². The summed E-state index contributed by atoms with van der Waals surface area (Å²) in [6.07, 6.45) is 0. The van der Waals surface area contributed by atoms with Gasteiger partial charge in [0.25, 0.3) is 0 Å². The Morgan fingerprint density at radius 2 is 2.25 bits per heavy atom. The average Bonchev–Trinajstić information content (AvgIpc) is 2.03. The molecule has 2 nitrogen and oxygen atoms in total. The van der Waals surface area contributed by atoms with Crippen LogP contribution in [0.4, 0.5) is 4.39 Å². The van der Waals surface area contributed by atoms with Crippen molar-refractivity contribution in [3.05, 3.63) is 35.1 Å². The first-order valence-electron chi connectivity index (χ1n) is 3.23. The van der Waals surface area contributed by atoms with Crippen molar-refractivity contribution in [1.29, 1.82) is 0 Å². The van der Waals surface area contributed by atoms with Crippen molar-refractivity contribution in [3.63, 3.8) is 0 Å². The molecule has 1 N–H and O–H groups in total. The standard InChI is InChI=1S/C8H6ClFO2/c9-4-5-1-2-6(8(11)12)7(10)3-5/h1-3H,4H2,(H,11,12). The van der Waals surface area contributed by atoms with Crippen LogP contribution in [0.25, 0.3) is 0 Å². The molecule has 1 aromatic rings. The number of rotatable bonds is 2. The summed E-state index contributed by atoms with van der Waals surface area (Å²) in [4.78, 5) is 10.3. The summed E-state index contributed by atoms with van der Waals surface area (Å²) in [5, 5.41) is 8.46. The van der Waals surface area contributed by atoms with Crippen LogP contribution in [-0.2, 0) is 5.88 Å². The molecule has 64 valence electrons. The first kappa shape index (κ1) is 9.00. The fraction of sp³-hybridized carbons (Fsp3) is 0.125. The molecule has 0 aliphatic heterocycles. The Hall–Kier alpha value is -1.09. The first-order chi connectivity index (χ1) is 5.65. The van der Waals surface area contributed by atoms with E-state index in [0.29, 0.717) is 5.56 Å². The number of aromatic carboxylic acids is 1. The van der Waals surface area contributed by atoms with Crippen molar-refractivity contribution in [1.82, 2.24) is 0 Å². The maximum Gasteiger partial charge on any atom is 0.338 e. The smallest absolute Gasteiger partial charge is 0.338 e. The van der Waals surface area contributed by atoms with Crippen LogP contribution in [-0.4, -0.2) is 11.1 Å². The zero-order chi connectivity index (χ0) is 9.14. The number of carbonyl (C=O) groups is 1. The maximum absolute atomic E-state index is 12.8. The topological polar surface area (TPSA) is 37.3 Å². The normalized spacial score (nSPS) is 9.83. The monoisotopic (exact) mass is 188 g/mol. The molecule has 12 heavy (non-hydrogen) atoms. The van der Waals surface area contributed by atoms with Crippen LogP contribution >= 0.6 is 11.6 Å². The Morgan fingerprint density at radius 1 is 1.58 bits per heavy atom. The van der Waals surface area contributed by atoms with Crippen molar-refractivity contribution >= 4 is 17.6 Å². The van der Waals surface area contributed by atoms with Gasteiger partial charge in [0.2, 0.25) is 0 Å². The lowest BCUT2D eigenvalue weighted by molar-refractivity contribution is 0.0692. The molecule has 0 atom stereocenters. The third-order valence-electron chi connectivity index (χ3n) is 1.42. The molecule has 0 saturated heterocycles. The largest absolute Gasteiger partial charge is 0.478 e. The molecular weight excluding hydrogens is 183 g/mol. The molecule has 1 rings (SSSR count). The van der Waals surface area contributed by atoms with E-state index in [0.717, 1.165) is 6.07 Å². The predicted octanol–water partition coefficient (Wildman–Crippen LogP) is 2.26. The maximum atomic E-state index is 12.8. The van der Waals surface area contributed by atoms with E-state index in [1.807, 2.05) is 0 Å². The Morgan fingerprint density at radius 3 is 2.67 bits per heavy atom. The molecule has 0 unspecified atom stereocenters. The van der Waals surface area contributed by atoms with E-state index >= 15 is 0 Å². The third kappa shape index (κ3) is 1.74. The van der Waals surface area contributed by atoms with Gasteiger partial charge in [-0.2, -0.15) is 0 Å². The minimum atomic E-state index is -1.27. The van der Waals surface area contributed by atoms with Gasteiger partial charge in [-0.25, -0.2) is 9.18 Å². The highest BCUT2D eigenvalue weighted by molar-refractivity contribution is 6.17. The molecular formula is C8H6ClFO2. The van der Waals surface area contributed by atoms with Gasteiger partial charge in [-0.3, -0.25) is 0 Å². The quantitative estimate of drug-likeness (QED) is 0.723. The highest BCUT2D eigenvalue weighted by atomic mass is 35.5. The number of hydrogen-bond donors (Lipinski definition) is 1. The Bertz CT molecular complexity index is 312. The van der Waals surface area contributed by atoms with Crippen LogP contribution in [0.5, 0.6) is 0 Å². The number of benzene rings is 1. The van der Waals surface area contributed by atoms with E-state index in [1.165, 1.54) is 12.1 Å². The van der Waals surface area contributed by atoms with E-state index in [1.54, 1.807) is 0 Å². The minimum absolute atomic E-state index is 0.177. The molecule has 4 heteroatoms. The van der Waals surface area contributed by atoms with Gasteiger partial charge in [0, 0.05) is 5.88 Å². The van der Waals surface area contributed by atoms with Gasteiger partial charge in [0.1, 0.15) is 5.82 Å². The highest BCUT2D eigenvalue weighted by Crippen LogP contribution is 2.11. The molecule has 0 spiro atoms. The van der Waals surface area contributed by atoms with E-state index in [2.05, 4.69) is 0 Å².